The largest absolute Gasteiger partial charge is 0.354 e. The standard InChI is InChI=1S/C11H16NO3P/c1-3-14-16(13,15-4-2)10-7-11-5-8-12-9-6-11/h5-10H,3-4H2,1-2H3. The third-order valence-electron chi connectivity index (χ3n) is 1.77. The zero-order chi connectivity index (χ0) is 11.9. The molecule has 88 valence electrons. The van der Waals surface area contributed by atoms with Crippen LogP contribution in [0.4, 0.5) is 0 Å². The van der Waals surface area contributed by atoms with Gasteiger partial charge in [-0.2, -0.15) is 0 Å². The highest BCUT2D eigenvalue weighted by atomic mass is 31.2. The molecule has 1 heterocycles. The molecule has 0 aliphatic rings. The summed E-state index contributed by atoms with van der Waals surface area (Å²) in [5.41, 5.74) is 0.912. The van der Waals surface area contributed by atoms with Crippen molar-refractivity contribution in [2.75, 3.05) is 13.2 Å². The molecule has 0 aliphatic heterocycles. The molecule has 0 amide bonds. The molecule has 1 aromatic rings. The van der Waals surface area contributed by atoms with Gasteiger partial charge in [0.15, 0.2) is 0 Å². The second-order valence-electron chi connectivity index (χ2n) is 2.97. The zero-order valence-electron chi connectivity index (χ0n) is 9.50. The summed E-state index contributed by atoms with van der Waals surface area (Å²) in [4.78, 5) is 3.90. The number of hydrogen-bond donors (Lipinski definition) is 0. The minimum absolute atomic E-state index is 0.359. The van der Waals surface area contributed by atoms with Crippen LogP contribution in [0.25, 0.3) is 6.08 Å². The molecule has 5 heteroatoms. The number of pyridine rings is 1. The van der Waals surface area contributed by atoms with Gasteiger partial charge in [-0.3, -0.25) is 9.55 Å². The summed E-state index contributed by atoms with van der Waals surface area (Å²) in [7, 11) is -3.09. The molecule has 4 nitrogen and oxygen atoms in total. The van der Waals surface area contributed by atoms with Crippen LogP contribution in [0.3, 0.4) is 0 Å². The summed E-state index contributed by atoms with van der Waals surface area (Å²) in [5, 5.41) is 0. The predicted molar refractivity (Wildman–Crippen MR) is 64.1 cm³/mol. The van der Waals surface area contributed by atoms with Crippen molar-refractivity contribution in [3.63, 3.8) is 0 Å². The average molecular weight is 241 g/mol. The van der Waals surface area contributed by atoms with Crippen molar-refractivity contribution in [3.8, 4) is 0 Å². The van der Waals surface area contributed by atoms with Gasteiger partial charge in [0.05, 0.1) is 13.2 Å². The van der Waals surface area contributed by atoms with Crippen molar-refractivity contribution in [3.05, 3.63) is 35.9 Å². The SMILES string of the molecule is CCOP(=O)(C=Cc1ccncc1)OCC. The van der Waals surface area contributed by atoms with E-state index in [1.165, 1.54) is 5.82 Å². The lowest BCUT2D eigenvalue weighted by Gasteiger charge is -2.12. The van der Waals surface area contributed by atoms with Crippen LogP contribution < -0.4 is 0 Å². The lowest BCUT2D eigenvalue weighted by atomic mass is 10.3. The second kappa shape index (κ2) is 6.59. The maximum Gasteiger partial charge on any atom is 0.354 e. The monoisotopic (exact) mass is 241 g/mol. The number of rotatable bonds is 6. The maximum absolute atomic E-state index is 12.0. The van der Waals surface area contributed by atoms with Crippen LogP contribution in [0.5, 0.6) is 0 Å². The molecule has 0 aromatic carbocycles. The van der Waals surface area contributed by atoms with E-state index in [-0.39, 0.29) is 0 Å². The first-order chi connectivity index (χ1) is 7.70. The minimum Gasteiger partial charge on any atom is -0.306 e. The van der Waals surface area contributed by atoms with Crippen LogP contribution in [0, 0.1) is 0 Å². The molecule has 0 bridgehead atoms. The van der Waals surface area contributed by atoms with Gasteiger partial charge in [0.2, 0.25) is 0 Å². The summed E-state index contributed by atoms with van der Waals surface area (Å²) >= 11 is 0. The Labute approximate surface area is 95.8 Å². The highest BCUT2D eigenvalue weighted by Crippen LogP contribution is 2.49. The maximum atomic E-state index is 12.0. The molecule has 1 rings (SSSR count). The van der Waals surface area contributed by atoms with Crippen LogP contribution in [0.15, 0.2) is 30.3 Å². The molecule has 0 saturated heterocycles. The summed E-state index contributed by atoms with van der Waals surface area (Å²) in [6.07, 6.45) is 5.06. The zero-order valence-corrected chi connectivity index (χ0v) is 10.4. The fourth-order valence-electron chi connectivity index (χ4n) is 1.14. The lowest BCUT2D eigenvalue weighted by molar-refractivity contribution is 0.229. The van der Waals surface area contributed by atoms with E-state index in [2.05, 4.69) is 4.98 Å². The number of nitrogens with zero attached hydrogens (tertiary/aromatic N) is 1. The van der Waals surface area contributed by atoms with Crippen molar-refractivity contribution in [2.24, 2.45) is 0 Å². The smallest absolute Gasteiger partial charge is 0.306 e. The van der Waals surface area contributed by atoms with Gasteiger partial charge >= 0.3 is 7.60 Å². The Morgan fingerprint density at radius 1 is 1.25 bits per heavy atom. The Hall–Kier alpha value is -0.960. The third-order valence-corrected chi connectivity index (χ3v) is 3.52. The predicted octanol–water partition coefficient (Wildman–Crippen LogP) is 3.32. The van der Waals surface area contributed by atoms with Crippen LogP contribution in [0.1, 0.15) is 19.4 Å². The first-order valence-corrected chi connectivity index (χ1v) is 6.79. The fraction of sp³-hybridized carbons (Fsp3) is 0.364. The molecule has 0 aliphatic carbocycles. The van der Waals surface area contributed by atoms with Crippen LogP contribution in [-0.4, -0.2) is 18.2 Å². The van der Waals surface area contributed by atoms with Gasteiger partial charge in [0.25, 0.3) is 0 Å². The summed E-state index contributed by atoms with van der Waals surface area (Å²) in [6, 6.07) is 3.64. The molecule has 0 radical (unpaired) electrons. The highest BCUT2D eigenvalue weighted by Gasteiger charge is 2.18. The quantitative estimate of drug-likeness (QED) is 0.717. The average Bonchev–Trinajstić information content (AvgIpc) is 2.29. The molecule has 0 saturated carbocycles. The van der Waals surface area contributed by atoms with E-state index in [0.717, 1.165) is 5.56 Å². The topological polar surface area (TPSA) is 48.4 Å². The van der Waals surface area contributed by atoms with Crippen LogP contribution in [0.2, 0.25) is 0 Å². The molecule has 16 heavy (non-hydrogen) atoms. The normalized spacial score (nSPS) is 12.1. The third kappa shape index (κ3) is 4.27. The van der Waals surface area contributed by atoms with Crippen molar-refractivity contribution in [1.29, 1.82) is 0 Å². The van der Waals surface area contributed by atoms with Crippen molar-refractivity contribution in [1.82, 2.24) is 4.98 Å². The van der Waals surface area contributed by atoms with Crippen LogP contribution >= 0.6 is 7.60 Å². The van der Waals surface area contributed by atoms with E-state index in [0.29, 0.717) is 13.2 Å². The van der Waals surface area contributed by atoms with Gasteiger partial charge in [-0.25, -0.2) is 0 Å². The van der Waals surface area contributed by atoms with Gasteiger partial charge in [-0.15, -0.1) is 0 Å². The van der Waals surface area contributed by atoms with E-state index >= 15 is 0 Å². The Kier molecular flexibility index (Phi) is 5.39. The Morgan fingerprint density at radius 3 is 2.31 bits per heavy atom. The van der Waals surface area contributed by atoms with E-state index < -0.39 is 7.60 Å². The second-order valence-corrected chi connectivity index (χ2v) is 4.87. The molecule has 0 fully saturated rings. The molecular weight excluding hydrogens is 225 g/mol. The van der Waals surface area contributed by atoms with Crippen molar-refractivity contribution < 1.29 is 13.6 Å². The highest BCUT2D eigenvalue weighted by molar-refractivity contribution is 7.57. The van der Waals surface area contributed by atoms with Gasteiger partial charge < -0.3 is 9.05 Å². The summed E-state index contributed by atoms with van der Waals surface area (Å²) in [5.74, 6) is 1.48. The Bertz CT molecular complexity index is 368. The van der Waals surface area contributed by atoms with E-state index in [1.807, 2.05) is 12.1 Å². The molecule has 0 N–H and O–H groups in total. The lowest BCUT2D eigenvalue weighted by Crippen LogP contribution is -1.92. The molecule has 0 atom stereocenters. The number of aromatic nitrogens is 1. The van der Waals surface area contributed by atoms with Gasteiger partial charge in [-0.05, 0) is 37.6 Å². The van der Waals surface area contributed by atoms with E-state index in [1.54, 1.807) is 32.3 Å². The van der Waals surface area contributed by atoms with E-state index in [9.17, 15) is 4.57 Å². The molecular formula is C11H16NO3P. The summed E-state index contributed by atoms with van der Waals surface area (Å²) < 4.78 is 22.3. The molecule has 1 aromatic heterocycles. The fourth-order valence-corrected chi connectivity index (χ4v) is 2.46. The first kappa shape index (κ1) is 13.1. The minimum atomic E-state index is -3.09. The van der Waals surface area contributed by atoms with Crippen LogP contribution in [-0.2, 0) is 13.6 Å². The van der Waals surface area contributed by atoms with Crippen molar-refractivity contribution in [2.45, 2.75) is 13.8 Å². The Balaban J connectivity index is 2.75. The van der Waals surface area contributed by atoms with E-state index in [4.69, 9.17) is 9.05 Å². The Morgan fingerprint density at radius 2 is 1.81 bits per heavy atom. The number of hydrogen-bond acceptors (Lipinski definition) is 4. The molecule has 0 unspecified atom stereocenters. The van der Waals surface area contributed by atoms with Gasteiger partial charge in [0.1, 0.15) is 0 Å². The van der Waals surface area contributed by atoms with Gasteiger partial charge in [0, 0.05) is 18.2 Å². The molecule has 0 spiro atoms. The summed E-state index contributed by atoms with van der Waals surface area (Å²) in [6.45, 7) is 4.29. The van der Waals surface area contributed by atoms with Gasteiger partial charge in [-0.1, -0.05) is 0 Å². The first-order valence-electron chi connectivity index (χ1n) is 5.18. The van der Waals surface area contributed by atoms with Crippen molar-refractivity contribution >= 4 is 13.7 Å².